The van der Waals surface area contributed by atoms with Crippen LogP contribution in [-0.2, 0) is 0 Å². The Kier molecular flexibility index (Phi) is 4.89. The van der Waals surface area contributed by atoms with E-state index in [0.717, 1.165) is 59.0 Å². The van der Waals surface area contributed by atoms with Crippen LogP contribution in [0.25, 0.3) is 33.3 Å². The van der Waals surface area contributed by atoms with E-state index in [0.29, 0.717) is 23.6 Å². The molecule has 5 aromatic rings. The summed E-state index contributed by atoms with van der Waals surface area (Å²) in [6.07, 6.45) is 7.60. The van der Waals surface area contributed by atoms with Gasteiger partial charge in [0.05, 0.1) is 16.6 Å². The Morgan fingerprint density at radius 2 is 1.88 bits per heavy atom. The van der Waals surface area contributed by atoms with Crippen molar-refractivity contribution < 1.29 is 8.91 Å². The Morgan fingerprint density at radius 3 is 2.70 bits per heavy atom. The number of hydrogen-bond donors (Lipinski definition) is 1. The van der Waals surface area contributed by atoms with Crippen LogP contribution in [0.3, 0.4) is 0 Å². The molecule has 3 heterocycles. The van der Waals surface area contributed by atoms with Crippen LogP contribution < -0.4 is 0 Å². The Bertz CT molecular complexity index is 1420. The van der Waals surface area contributed by atoms with Gasteiger partial charge in [-0.2, -0.15) is 4.98 Å². The number of nitrogens with one attached hydrogen (secondary N) is 1. The topological polar surface area (TPSA) is 80.5 Å². The summed E-state index contributed by atoms with van der Waals surface area (Å²) in [6.45, 7) is 2.26. The van der Waals surface area contributed by atoms with Gasteiger partial charge in [-0.05, 0) is 85.5 Å². The van der Waals surface area contributed by atoms with Gasteiger partial charge in [0.25, 0.3) is 0 Å². The van der Waals surface area contributed by atoms with Gasteiger partial charge >= 0.3 is 0 Å². The molecule has 33 heavy (non-hydrogen) atoms. The van der Waals surface area contributed by atoms with Crippen LogP contribution in [0.2, 0.25) is 0 Å². The van der Waals surface area contributed by atoms with Gasteiger partial charge in [-0.1, -0.05) is 12.1 Å². The van der Waals surface area contributed by atoms with E-state index in [1.54, 1.807) is 12.1 Å². The van der Waals surface area contributed by atoms with Crippen molar-refractivity contribution in [2.75, 3.05) is 0 Å². The number of benzene rings is 2. The maximum atomic E-state index is 13.9. The first-order chi connectivity index (χ1) is 16.2. The summed E-state index contributed by atoms with van der Waals surface area (Å²) >= 11 is 0. The van der Waals surface area contributed by atoms with Crippen LogP contribution in [0.1, 0.15) is 55.8 Å². The zero-order chi connectivity index (χ0) is 22.4. The first-order valence-corrected chi connectivity index (χ1v) is 11.5. The molecule has 6 nitrogen and oxygen atoms in total. The number of aromatic amines is 1. The lowest BCUT2D eigenvalue weighted by atomic mass is 9.73. The molecular weight excluding hydrogens is 417 g/mol. The summed E-state index contributed by atoms with van der Waals surface area (Å²) in [4.78, 5) is 16.9. The van der Waals surface area contributed by atoms with E-state index in [-0.39, 0.29) is 5.82 Å². The molecule has 0 bridgehead atoms. The molecule has 1 aliphatic carbocycles. The number of pyridine rings is 1. The van der Waals surface area contributed by atoms with Crippen LogP contribution >= 0.6 is 0 Å². The fraction of sp³-hybridized carbons (Fsp3) is 0.308. The van der Waals surface area contributed by atoms with Gasteiger partial charge in [-0.3, -0.25) is 4.98 Å². The molecule has 1 N–H and O–H groups in total. The molecule has 0 saturated heterocycles. The highest BCUT2D eigenvalue weighted by Gasteiger charge is 2.29. The third-order valence-corrected chi connectivity index (χ3v) is 7.21. The van der Waals surface area contributed by atoms with E-state index in [1.165, 1.54) is 18.0 Å². The van der Waals surface area contributed by atoms with Crippen molar-refractivity contribution in [1.29, 1.82) is 0 Å². The number of halogens is 1. The lowest BCUT2D eigenvalue weighted by molar-refractivity contribution is 0.286. The number of rotatable bonds is 4. The first-order valence-electron chi connectivity index (χ1n) is 11.5. The molecule has 0 radical (unpaired) electrons. The number of H-pyrrole nitrogens is 1. The monoisotopic (exact) mass is 441 g/mol. The van der Waals surface area contributed by atoms with Gasteiger partial charge in [-0.25, -0.2) is 9.37 Å². The van der Waals surface area contributed by atoms with Crippen molar-refractivity contribution in [2.45, 2.75) is 44.4 Å². The van der Waals surface area contributed by atoms with Gasteiger partial charge in [0, 0.05) is 23.1 Å². The van der Waals surface area contributed by atoms with E-state index < -0.39 is 0 Å². The predicted molar refractivity (Wildman–Crippen MR) is 124 cm³/mol. The second kappa shape index (κ2) is 8.06. The van der Waals surface area contributed by atoms with Crippen LogP contribution in [0.15, 0.2) is 59.6 Å². The smallest absolute Gasteiger partial charge is 0.214 e. The predicted octanol–water partition coefficient (Wildman–Crippen LogP) is 6.38. The summed E-state index contributed by atoms with van der Waals surface area (Å²) in [5.74, 6) is 2.72. The van der Waals surface area contributed by atoms with Crippen LogP contribution in [-0.4, -0.2) is 25.1 Å². The first kappa shape index (κ1) is 20.0. The molecule has 0 spiro atoms. The third kappa shape index (κ3) is 3.67. The zero-order valence-corrected chi connectivity index (χ0v) is 18.3. The summed E-state index contributed by atoms with van der Waals surface area (Å²) in [6, 6.07) is 12.9. The fourth-order valence-corrected chi connectivity index (χ4v) is 5.33. The molecule has 6 rings (SSSR count). The second-order valence-electron chi connectivity index (χ2n) is 9.07. The van der Waals surface area contributed by atoms with Gasteiger partial charge in [0.15, 0.2) is 0 Å². The number of fused-ring (bicyclic) bond motifs is 2. The number of hydrogen-bond acceptors (Lipinski definition) is 5. The molecule has 3 aromatic heterocycles. The van der Waals surface area contributed by atoms with Crippen LogP contribution in [0, 0.1) is 11.7 Å². The minimum absolute atomic E-state index is 0.202. The molecule has 7 heteroatoms. The molecule has 1 fully saturated rings. The summed E-state index contributed by atoms with van der Waals surface area (Å²) < 4.78 is 18.7. The van der Waals surface area contributed by atoms with Crippen molar-refractivity contribution in [3.63, 3.8) is 0 Å². The number of nitrogens with zero attached hydrogens (tertiary/aromatic N) is 4. The van der Waals surface area contributed by atoms with E-state index in [1.807, 2.05) is 24.4 Å². The summed E-state index contributed by atoms with van der Waals surface area (Å²) in [5.41, 5.74) is 4.92. The molecular formula is C26H24FN5O. The Hall–Kier alpha value is -3.61. The van der Waals surface area contributed by atoms with E-state index in [9.17, 15) is 4.39 Å². The SMILES string of the molecule is C[C@@H](c1nc2cc(-c3ncon3)ccc2[nH]1)C1CCC(c2ccnc3ccc(F)cc23)CC1. The minimum Gasteiger partial charge on any atom is -0.342 e. The van der Waals surface area contributed by atoms with Crippen LogP contribution in [0.4, 0.5) is 4.39 Å². The van der Waals surface area contributed by atoms with E-state index in [4.69, 9.17) is 9.51 Å². The maximum Gasteiger partial charge on any atom is 0.214 e. The normalized spacial score (nSPS) is 19.8. The average molecular weight is 442 g/mol. The lowest BCUT2D eigenvalue weighted by Gasteiger charge is -2.32. The summed E-state index contributed by atoms with van der Waals surface area (Å²) in [7, 11) is 0. The molecule has 2 aromatic carbocycles. The average Bonchev–Trinajstić information content (AvgIpc) is 3.53. The largest absolute Gasteiger partial charge is 0.342 e. The van der Waals surface area contributed by atoms with E-state index >= 15 is 0 Å². The Balaban J connectivity index is 1.20. The van der Waals surface area contributed by atoms with Gasteiger partial charge < -0.3 is 9.51 Å². The molecule has 0 amide bonds. The third-order valence-electron chi connectivity index (χ3n) is 7.21. The second-order valence-corrected chi connectivity index (χ2v) is 9.07. The molecule has 1 aliphatic rings. The summed E-state index contributed by atoms with van der Waals surface area (Å²) in [5, 5.41) is 4.86. The molecule has 0 aliphatic heterocycles. The molecule has 0 unspecified atom stereocenters. The molecule has 166 valence electrons. The van der Waals surface area contributed by atoms with Crippen molar-refractivity contribution >= 4 is 21.9 Å². The standard InChI is InChI=1S/C26H24FN5O/c1-15(25-30-23-8-6-18(12-24(23)31-25)26-29-14-33-32-26)16-2-4-17(5-3-16)20-10-11-28-22-9-7-19(27)13-21(20)22/h6-17H,2-5H2,1H3,(H,30,31)/t15-,16?,17?/m1/s1. The minimum atomic E-state index is -0.202. The quantitative estimate of drug-likeness (QED) is 0.350. The van der Waals surface area contributed by atoms with Crippen molar-refractivity contribution in [3.05, 3.63) is 72.3 Å². The fourth-order valence-electron chi connectivity index (χ4n) is 5.33. The lowest BCUT2D eigenvalue weighted by Crippen LogP contribution is -2.19. The van der Waals surface area contributed by atoms with Crippen molar-refractivity contribution in [3.8, 4) is 11.4 Å². The number of imidazole rings is 1. The molecule has 1 saturated carbocycles. The van der Waals surface area contributed by atoms with Gasteiger partial charge in [0.2, 0.25) is 12.2 Å². The molecule has 1 atom stereocenters. The van der Waals surface area contributed by atoms with Crippen molar-refractivity contribution in [1.82, 2.24) is 25.1 Å². The van der Waals surface area contributed by atoms with Gasteiger partial charge in [0.1, 0.15) is 11.6 Å². The Labute approximate surface area is 190 Å². The van der Waals surface area contributed by atoms with Crippen LogP contribution in [0.5, 0.6) is 0 Å². The number of aromatic nitrogens is 5. The highest BCUT2D eigenvalue weighted by Crippen LogP contribution is 2.43. The Morgan fingerprint density at radius 1 is 1.00 bits per heavy atom. The zero-order valence-electron chi connectivity index (χ0n) is 18.3. The highest BCUT2D eigenvalue weighted by atomic mass is 19.1. The van der Waals surface area contributed by atoms with Gasteiger partial charge in [-0.15, -0.1) is 0 Å². The maximum absolute atomic E-state index is 13.9. The highest BCUT2D eigenvalue weighted by molar-refractivity contribution is 5.82. The van der Waals surface area contributed by atoms with E-state index in [2.05, 4.69) is 33.1 Å². The van der Waals surface area contributed by atoms with Crippen molar-refractivity contribution in [2.24, 2.45) is 5.92 Å².